The van der Waals surface area contributed by atoms with Crippen LogP contribution in [0.2, 0.25) is 10.1 Å². The monoisotopic (exact) mass is 298 g/mol. The molecule has 0 spiro atoms. The highest BCUT2D eigenvalue weighted by atomic mass is 35.5. The predicted molar refractivity (Wildman–Crippen MR) is 81.8 cm³/mol. The highest BCUT2D eigenvalue weighted by molar-refractivity contribution is 6.32. The second-order valence-corrected chi connectivity index (χ2v) is 8.57. The number of halogens is 1. The molecule has 1 aromatic carbocycles. The average Bonchev–Trinajstić information content (AvgIpc) is 2.29. The molecule has 0 unspecified atom stereocenters. The summed E-state index contributed by atoms with van der Waals surface area (Å²) in [5.41, 5.74) is 1.64. The average molecular weight is 299 g/mol. The number of rotatable bonds is 5. The number of benzene rings is 1. The summed E-state index contributed by atoms with van der Waals surface area (Å²) >= 11 is 6.29. The van der Waals surface area contributed by atoms with Crippen LogP contribution in [0, 0.1) is 0 Å². The quantitative estimate of drug-likeness (QED) is 0.834. The van der Waals surface area contributed by atoms with Crippen LogP contribution in [-0.2, 0) is 16.4 Å². The van der Waals surface area contributed by atoms with Crippen molar-refractivity contribution in [1.29, 1.82) is 0 Å². The molecule has 1 N–H and O–H groups in total. The summed E-state index contributed by atoms with van der Waals surface area (Å²) in [6.07, 6.45) is 0.641. The van der Waals surface area contributed by atoms with E-state index in [9.17, 15) is 0 Å². The number of hydrogen-bond acceptors (Lipinski definition) is 2. The van der Waals surface area contributed by atoms with Crippen molar-refractivity contribution in [2.45, 2.75) is 51.7 Å². The Morgan fingerprint density at radius 2 is 1.84 bits per heavy atom. The van der Waals surface area contributed by atoms with Crippen LogP contribution in [-0.4, -0.2) is 21.5 Å². The van der Waals surface area contributed by atoms with Crippen molar-refractivity contribution in [2.24, 2.45) is 0 Å². The Bertz CT molecular complexity index is 425. The SMILES string of the molecule is CC(C)(C)[Si]OC(C)(C)c1cc(CCO)ccc1Cl. The molecule has 2 radical (unpaired) electrons. The molecule has 0 aromatic heterocycles. The van der Waals surface area contributed by atoms with E-state index in [0.29, 0.717) is 21.2 Å². The van der Waals surface area contributed by atoms with E-state index >= 15 is 0 Å². The minimum atomic E-state index is -0.422. The topological polar surface area (TPSA) is 29.5 Å². The van der Waals surface area contributed by atoms with Gasteiger partial charge >= 0.3 is 0 Å². The van der Waals surface area contributed by atoms with Gasteiger partial charge in [-0.15, -0.1) is 0 Å². The summed E-state index contributed by atoms with van der Waals surface area (Å²) in [6, 6.07) is 5.86. The van der Waals surface area contributed by atoms with E-state index in [1.54, 1.807) is 0 Å². The third kappa shape index (κ3) is 5.26. The fraction of sp³-hybridized carbons (Fsp3) is 0.600. The Labute approximate surface area is 124 Å². The highest BCUT2D eigenvalue weighted by Gasteiger charge is 2.27. The zero-order chi connectivity index (χ0) is 14.7. The van der Waals surface area contributed by atoms with Crippen molar-refractivity contribution in [1.82, 2.24) is 0 Å². The second kappa shape index (κ2) is 6.40. The lowest BCUT2D eigenvalue weighted by Crippen LogP contribution is -2.28. The molecule has 1 rings (SSSR count). The molecule has 1 aromatic rings. The van der Waals surface area contributed by atoms with Gasteiger partial charge in [0.15, 0.2) is 0 Å². The van der Waals surface area contributed by atoms with E-state index in [-0.39, 0.29) is 11.6 Å². The van der Waals surface area contributed by atoms with Gasteiger partial charge in [0.1, 0.15) is 0 Å². The van der Waals surface area contributed by atoms with Gasteiger partial charge in [-0.25, -0.2) is 0 Å². The Kier molecular flexibility index (Phi) is 5.62. The van der Waals surface area contributed by atoms with Crippen LogP contribution < -0.4 is 0 Å². The van der Waals surface area contributed by atoms with E-state index < -0.39 is 5.60 Å². The standard InChI is InChI=1S/C15H23ClO2Si/c1-14(2,3)19-18-15(4,5)12-10-11(8-9-17)6-7-13(12)16/h6-7,10,17H,8-9H2,1-5H3. The largest absolute Gasteiger partial charge is 0.408 e. The molecule has 0 aliphatic rings. The van der Waals surface area contributed by atoms with E-state index in [2.05, 4.69) is 20.8 Å². The first-order valence-electron chi connectivity index (χ1n) is 6.51. The summed E-state index contributed by atoms with van der Waals surface area (Å²) in [4.78, 5) is 0. The summed E-state index contributed by atoms with van der Waals surface area (Å²) in [7, 11) is 0.405. The van der Waals surface area contributed by atoms with Gasteiger partial charge in [-0.3, -0.25) is 0 Å². The third-order valence-corrected chi connectivity index (χ3v) is 4.25. The van der Waals surface area contributed by atoms with Gasteiger partial charge in [-0.2, -0.15) is 0 Å². The Morgan fingerprint density at radius 3 is 2.37 bits per heavy atom. The van der Waals surface area contributed by atoms with Crippen molar-refractivity contribution in [3.05, 3.63) is 34.3 Å². The lowest BCUT2D eigenvalue weighted by molar-refractivity contribution is 0.109. The first-order chi connectivity index (χ1) is 8.65. The highest BCUT2D eigenvalue weighted by Crippen LogP contribution is 2.34. The van der Waals surface area contributed by atoms with Crippen molar-refractivity contribution in [3.8, 4) is 0 Å². The molecule has 0 fully saturated rings. The van der Waals surface area contributed by atoms with Crippen LogP contribution in [0.15, 0.2) is 18.2 Å². The van der Waals surface area contributed by atoms with E-state index in [4.69, 9.17) is 21.1 Å². The van der Waals surface area contributed by atoms with Gasteiger partial charge in [0.2, 0.25) is 9.76 Å². The number of aliphatic hydroxyl groups is 1. The maximum absolute atomic E-state index is 9.03. The smallest absolute Gasteiger partial charge is 0.236 e. The van der Waals surface area contributed by atoms with Crippen molar-refractivity contribution < 1.29 is 9.53 Å². The molecular formula is C15H23ClO2Si. The number of aliphatic hydroxyl groups excluding tert-OH is 1. The summed E-state index contributed by atoms with van der Waals surface area (Å²) in [6.45, 7) is 10.7. The molecule has 0 heterocycles. The maximum atomic E-state index is 9.03. The molecule has 106 valence electrons. The van der Waals surface area contributed by atoms with Gasteiger partial charge in [-0.05, 0) is 36.9 Å². The van der Waals surface area contributed by atoms with Gasteiger partial charge < -0.3 is 9.53 Å². The van der Waals surface area contributed by atoms with Crippen molar-refractivity contribution in [3.63, 3.8) is 0 Å². The molecule has 2 nitrogen and oxygen atoms in total. The molecule has 4 heteroatoms. The maximum Gasteiger partial charge on any atom is 0.236 e. The number of hydrogen-bond donors (Lipinski definition) is 1. The lowest BCUT2D eigenvalue weighted by atomic mass is 9.96. The molecule has 0 aliphatic heterocycles. The van der Waals surface area contributed by atoms with E-state index in [0.717, 1.165) is 11.1 Å². The zero-order valence-corrected chi connectivity index (χ0v) is 14.1. The van der Waals surface area contributed by atoms with Gasteiger partial charge in [0.25, 0.3) is 0 Å². The lowest BCUT2D eigenvalue weighted by Gasteiger charge is -2.30. The van der Waals surface area contributed by atoms with Crippen LogP contribution in [0.1, 0.15) is 45.7 Å². The van der Waals surface area contributed by atoms with Gasteiger partial charge in [-0.1, -0.05) is 44.5 Å². The fourth-order valence-electron chi connectivity index (χ4n) is 1.65. The zero-order valence-electron chi connectivity index (χ0n) is 12.4. The van der Waals surface area contributed by atoms with Crippen molar-refractivity contribution >= 4 is 21.4 Å². The molecular weight excluding hydrogens is 276 g/mol. The van der Waals surface area contributed by atoms with E-state index in [1.807, 2.05) is 32.0 Å². The summed E-state index contributed by atoms with van der Waals surface area (Å²) in [5.74, 6) is 0. The van der Waals surface area contributed by atoms with Crippen LogP contribution in [0.4, 0.5) is 0 Å². The van der Waals surface area contributed by atoms with Crippen LogP contribution in [0.5, 0.6) is 0 Å². The first kappa shape index (κ1) is 16.7. The summed E-state index contributed by atoms with van der Waals surface area (Å²) in [5, 5.41) is 9.89. The second-order valence-electron chi connectivity index (χ2n) is 6.25. The normalized spacial score (nSPS) is 12.8. The fourth-order valence-corrected chi connectivity index (χ4v) is 2.67. The van der Waals surface area contributed by atoms with E-state index in [1.165, 1.54) is 0 Å². The minimum Gasteiger partial charge on any atom is -0.408 e. The molecule has 0 saturated heterocycles. The molecule has 0 aliphatic carbocycles. The molecule has 0 saturated carbocycles. The van der Waals surface area contributed by atoms with Crippen LogP contribution in [0.25, 0.3) is 0 Å². The Morgan fingerprint density at radius 1 is 1.21 bits per heavy atom. The first-order valence-corrected chi connectivity index (χ1v) is 7.79. The van der Waals surface area contributed by atoms with Crippen LogP contribution in [0.3, 0.4) is 0 Å². The minimum absolute atomic E-state index is 0.145. The van der Waals surface area contributed by atoms with Gasteiger partial charge in [0, 0.05) is 17.2 Å². The van der Waals surface area contributed by atoms with Crippen molar-refractivity contribution in [2.75, 3.05) is 6.61 Å². The summed E-state index contributed by atoms with van der Waals surface area (Å²) < 4.78 is 6.07. The van der Waals surface area contributed by atoms with Crippen LogP contribution >= 0.6 is 11.6 Å². The third-order valence-electron chi connectivity index (χ3n) is 2.69. The molecule has 0 amide bonds. The molecule has 0 atom stereocenters. The van der Waals surface area contributed by atoms with Gasteiger partial charge in [0.05, 0.1) is 5.60 Å². The molecule has 0 bridgehead atoms. The Balaban J connectivity index is 2.95. The predicted octanol–water partition coefficient (Wildman–Crippen LogP) is 3.96. The Hall–Kier alpha value is -0.353. The molecule has 19 heavy (non-hydrogen) atoms.